The first-order valence-electron chi connectivity index (χ1n) is 8.95. The van der Waals surface area contributed by atoms with Crippen LogP contribution in [0.15, 0.2) is 71.1 Å². The third-order valence-corrected chi connectivity index (χ3v) is 5.99. The zero-order valence-electron chi connectivity index (χ0n) is 15.6. The Morgan fingerprint density at radius 1 is 1.04 bits per heavy atom. The minimum atomic E-state index is -0.0492. The molecule has 0 aliphatic heterocycles. The van der Waals surface area contributed by atoms with Crippen LogP contribution in [0.3, 0.4) is 0 Å². The van der Waals surface area contributed by atoms with E-state index in [1.165, 1.54) is 0 Å². The van der Waals surface area contributed by atoms with Gasteiger partial charge in [-0.05, 0) is 44.2 Å². The number of imidazole rings is 1. The molecule has 0 radical (unpaired) electrons. The second kappa shape index (κ2) is 8.67. The van der Waals surface area contributed by atoms with Gasteiger partial charge in [-0.3, -0.25) is 4.98 Å². The Morgan fingerprint density at radius 3 is 2.71 bits per heavy atom. The highest BCUT2D eigenvalue weighted by Crippen LogP contribution is 2.30. The summed E-state index contributed by atoms with van der Waals surface area (Å²) in [6.45, 7) is 4.08. The van der Waals surface area contributed by atoms with E-state index in [0.29, 0.717) is 0 Å². The molecule has 4 rings (SSSR count). The summed E-state index contributed by atoms with van der Waals surface area (Å²) in [4.78, 5) is 16.8. The quantitative estimate of drug-likeness (QED) is 0.323. The van der Waals surface area contributed by atoms with Gasteiger partial charge in [0, 0.05) is 23.7 Å². The average Bonchev–Trinajstić information content (AvgIpc) is 3.12. The molecular formula is C21H20N4OS2. The molecule has 0 saturated carbocycles. The summed E-state index contributed by atoms with van der Waals surface area (Å²) in [5.41, 5.74) is 4.03. The number of rotatable bonds is 7. The van der Waals surface area contributed by atoms with Crippen molar-refractivity contribution in [2.45, 2.75) is 35.2 Å². The minimum Gasteiger partial charge on any atom is -0.479 e. The molecule has 142 valence electrons. The molecule has 4 aromatic rings. The van der Waals surface area contributed by atoms with Crippen molar-refractivity contribution < 1.29 is 4.74 Å². The van der Waals surface area contributed by atoms with Crippen molar-refractivity contribution in [1.82, 2.24) is 19.9 Å². The van der Waals surface area contributed by atoms with Crippen molar-refractivity contribution in [2.24, 2.45) is 0 Å². The van der Waals surface area contributed by atoms with Gasteiger partial charge in [-0.15, -0.1) is 0 Å². The molecule has 0 aliphatic carbocycles. The molecule has 1 atom stereocenters. The van der Waals surface area contributed by atoms with Crippen LogP contribution < -0.4 is 4.74 Å². The van der Waals surface area contributed by atoms with Crippen molar-refractivity contribution in [3.8, 4) is 5.75 Å². The molecule has 3 aromatic heterocycles. The number of hydrogen-bond acceptors (Lipinski definition) is 6. The van der Waals surface area contributed by atoms with E-state index in [1.54, 1.807) is 35.9 Å². The SMILES string of the molecule is Cc1c(OC(C)Sc2ccccn2)ccnc1CSc1nc2ccccc2[nH]1. The maximum Gasteiger partial charge on any atom is 0.166 e. The van der Waals surface area contributed by atoms with Gasteiger partial charge in [-0.25, -0.2) is 9.97 Å². The number of aromatic amines is 1. The van der Waals surface area contributed by atoms with Gasteiger partial charge < -0.3 is 9.72 Å². The maximum absolute atomic E-state index is 6.14. The molecule has 0 spiro atoms. The standard InChI is InChI=1S/C21H20N4OS2/c1-14-18(13-27-21-24-16-7-3-4-8-17(16)25-21)22-12-10-19(14)26-15(2)28-20-9-5-6-11-23-20/h3-12,15H,13H2,1-2H3,(H,24,25). The van der Waals surface area contributed by atoms with Crippen LogP contribution in [0.1, 0.15) is 18.2 Å². The monoisotopic (exact) mass is 408 g/mol. The summed E-state index contributed by atoms with van der Waals surface area (Å²) in [7, 11) is 0. The topological polar surface area (TPSA) is 63.7 Å². The first-order chi connectivity index (χ1) is 13.7. The van der Waals surface area contributed by atoms with Crippen LogP contribution in [0.5, 0.6) is 5.75 Å². The predicted octanol–water partition coefficient (Wildman–Crippen LogP) is 5.47. The lowest BCUT2D eigenvalue weighted by atomic mass is 10.2. The number of fused-ring (bicyclic) bond motifs is 1. The summed E-state index contributed by atoms with van der Waals surface area (Å²) in [6, 6.07) is 15.8. The molecule has 3 heterocycles. The number of H-pyrrole nitrogens is 1. The Hall–Kier alpha value is -2.51. The number of nitrogens with one attached hydrogen (secondary N) is 1. The summed E-state index contributed by atoms with van der Waals surface area (Å²) >= 11 is 3.24. The predicted molar refractivity (Wildman–Crippen MR) is 115 cm³/mol. The Kier molecular flexibility index (Phi) is 5.83. The number of nitrogens with zero attached hydrogens (tertiary/aromatic N) is 3. The van der Waals surface area contributed by atoms with Crippen LogP contribution in [-0.2, 0) is 5.75 Å². The fourth-order valence-electron chi connectivity index (χ4n) is 2.76. The molecule has 0 fully saturated rings. The number of benzene rings is 1. The smallest absolute Gasteiger partial charge is 0.166 e. The molecule has 0 amide bonds. The molecule has 7 heteroatoms. The number of ether oxygens (including phenoxy) is 1. The van der Waals surface area contributed by atoms with Gasteiger partial charge in [0.15, 0.2) is 5.16 Å². The van der Waals surface area contributed by atoms with E-state index in [0.717, 1.165) is 44.0 Å². The number of para-hydroxylation sites is 2. The van der Waals surface area contributed by atoms with Gasteiger partial charge >= 0.3 is 0 Å². The van der Waals surface area contributed by atoms with E-state index >= 15 is 0 Å². The first kappa shape index (κ1) is 18.8. The highest BCUT2D eigenvalue weighted by Gasteiger charge is 2.13. The van der Waals surface area contributed by atoms with E-state index in [9.17, 15) is 0 Å². The van der Waals surface area contributed by atoms with E-state index in [1.807, 2.05) is 55.5 Å². The number of thioether (sulfide) groups is 2. The number of pyridine rings is 2. The summed E-state index contributed by atoms with van der Waals surface area (Å²) in [5.74, 6) is 1.58. The summed E-state index contributed by atoms with van der Waals surface area (Å²) in [6.07, 6.45) is 3.59. The Morgan fingerprint density at radius 2 is 1.89 bits per heavy atom. The van der Waals surface area contributed by atoms with Gasteiger partial charge in [0.2, 0.25) is 0 Å². The average molecular weight is 409 g/mol. The lowest BCUT2D eigenvalue weighted by Gasteiger charge is -2.16. The Labute approximate surface area is 172 Å². The second-order valence-corrected chi connectivity index (χ2v) is 8.48. The third-order valence-electron chi connectivity index (χ3n) is 4.19. The summed E-state index contributed by atoms with van der Waals surface area (Å²) in [5, 5.41) is 1.84. The van der Waals surface area contributed by atoms with Crippen molar-refractivity contribution in [2.75, 3.05) is 0 Å². The molecule has 1 aromatic carbocycles. The summed E-state index contributed by atoms with van der Waals surface area (Å²) < 4.78 is 6.14. The molecular weight excluding hydrogens is 388 g/mol. The van der Waals surface area contributed by atoms with Gasteiger partial charge in [-0.1, -0.05) is 41.7 Å². The molecule has 0 bridgehead atoms. The van der Waals surface area contributed by atoms with Gasteiger partial charge in [0.1, 0.15) is 11.2 Å². The van der Waals surface area contributed by atoms with Gasteiger partial charge in [0.25, 0.3) is 0 Å². The highest BCUT2D eigenvalue weighted by molar-refractivity contribution is 7.99. The van der Waals surface area contributed by atoms with Crippen molar-refractivity contribution in [3.05, 3.63) is 72.2 Å². The normalized spacial score (nSPS) is 12.2. The van der Waals surface area contributed by atoms with Crippen molar-refractivity contribution in [1.29, 1.82) is 0 Å². The van der Waals surface area contributed by atoms with Crippen LogP contribution in [0.25, 0.3) is 11.0 Å². The number of aromatic nitrogens is 4. The molecule has 1 N–H and O–H groups in total. The zero-order chi connectivity index (χ0) is 19.3. The molecule has 1 unspecified atom stereocenters. The fourth-order valence-corrected chi connectivity index (χ4v) is 4.44. The maximum atomic E-state index is 6.14. The van der Waals surface area contributed by atoms with E-state index in [2.05, 4.69) is 26.9 Å². The van der Waals surface area contributed by atoms with Crippen molar-refractivity contribution in [3.63, 3.8) is 0 Å². The largest absolute Gasteiger partial charge is 0.479 e. The molecule has 5 nitrogen and oxygen atoms in total. The lowest BCUT2D eigenvalue weighted by molar-refractivity contribution is 0.304. The molecule has 0 aliphatic rings. The molecule has 28 heavy (non-hydrogen) atoms. The minimum absolute atomic E-state index is 0.0492. The van der Waals surface area contributed by atoms with Crippen LogP contribution in [-0.4, -0.2) is 25.4 Å². The van der Waals surface area contributed by atoms with Gasteiger partial charge in [0.05, 0.1) is 21.8 Å². The Balaban J connectivity index is 1.42. The van der Waals surface area contributed by atoms with Gasteiger partial charge in [-0.2, -0.15) is 0 Å². The second-order valence-electron chi connectivity index (χ2n) is 6.20. The lowest BCUT2D eigenvalue weighted by Crippen LogP contribution is -2.09. The van der Waals surface area contributed by atoms with Crippen LogP contribution in [0.4, 0.5) is 0 Å². The number of hydrogen-bond donors (Lipinski definition) is 1. The van der Waals surface area contributed by atoms with Crippen molar-refractivity contribution >= 4 is 34.6 Å². The van der Waals surface area contributed by atoms with E-state index < -0.39 is 0 Å². The zero-order valence-corrected chi connectivity index (χ0v) is 17.3. The van der Waals surface area contributed by atoms with E-state index in [4.69, 9.17) is 4.74 Å². The molecule has 0 saturated heterocycles. The Bertz CT molecular complexity index is 1040. The van der Waals surface area contributed by atoms with Crippen LogP contribution in [0.2, 0.25) is 0 Å². The first-order valence-corrected chi connectivity index (χ1v) is 10.8. The highest BCUT2D eigenvalue weighted by atomic mass is 32.2. The van der Waals surface area contributed by atoms with Crippen LogP contribution in [0, 0.1) is 6.92 Å². The van der Waals surface area contributed by atoms with E-state index in [-0.39, 0.29) is 5.44 Å². The van der Waals surface area contributed by atoms with Crippen LogP contribution >= 0.6 is 23.5 Å². The third kappa shape index (κ3) is 4.48. The fraction of sp³-hybridized carbons (Fsp3) is 0.190.